The summed E-state index contributed by atoms with van der Waals surface area (Å²) >= 11 is 0. The van der Waals surface area contributed by atoms with Gasteiger partial charge in [-0.1, -0.05) is 12.2 Å². The van der Waals surface area contributed by atoms with Gasteiger partial charge in [-0.05, 0) is 32.9 Å². The van der Waals surface area contributed by atoms with E-state index >= 15 is 0 Å². The molecular weight excluding hydrogens is 148 g/mol. The Kier molecular flexibility index (Phi) is 2.86. The van der Waals surface area contributed by atoms with Gasteiger partial charge in [0.25, 0.3) is 0 Å². The molecule has 64 valence electrons. The third-order valence-corrected chi connectivity index (χ3v) is 1.47. The lowest BCUT2D eigenvalue weighted by Crippen LogP contribution is -2.11. The van der Waals surface area contributed by atoms with Crippen molar-refractivity contribution in [3.8, 4) is 0 Å². The van der Waals surface area contributed by atoms with Crippen LogP contribution in [0, 0.1) is 0 Å². The van der Waals surface area contributed by atoms with Crippen LogP contribution in [0.15, 0.2) is 41.3 Å². The van der Waals surface area contributed by atoms with Crippen molar-refractivity contribution in [1.29, 1.82) is 0 Å². The predicted octanol–water partition coefficient (Wildman–Crippen LogP) is 2.67. The molecule has 2 nitrogen and oxygen atoms in total. The first kappa shape index (κ1) is 8.78. The first-order chi connectivity index (χ1) is 5.74. The summed E-state index contributed by atoms with van der Waals surface area (Å²) in [6.45, 7) is 5.98. The van der Waals surface area contributed by atoms with Crippen molar-refractivity contribution in [3.63, 3.8) is 0 Å². The summed E-state index contributed by atoms with van der Waals surface area (Å²) in [6, 6.07) is 0. The molecule has 0 radical (unpaired) electrons. The standard InChI is InChI=1S/C10H14N2/c1-4-10-7-5-6-8-12(10)11-9(2)3/h4-8H,1-3H3/b10-4-. The second-order valence-electron chi connectivity index (χ2n) is 2.81. The van der Waals surface area contributed by atoms with Crippen molar-refractivity contribution in [3.05, 3.63) is 36.2 Å². The molecule has 12 heavy (non-hydrogen) atoms. The van der Waals surface area contributed by atoms with Crippen LogP contribution < -0.4 is 0 Å². The Labute approximate surface area is 73.6 Å². The van der Waals surface area contributed by atoms with Crippen molar-refractivity contribution < 1.29 is 0 Å². The minimum absolute atomic E-state index is 1.05. The molecule has 0 saturated carbocycles. The van der Waals surface area contributed by atoms with Gasteiger partial charge < -0.3 is 0 Å². The molecular formula is C10H14N2. The highest BCUT2D eigenvalue weighted by atomic mass is 15.4. The second kappa shape index (κ2) is 3.90. The van der Waals surface area contributed by atoms with Gasteiger partial charge in [0.1, 0.15) is 0 Å². The molecule has 0 unspecified atom stereocenters. The highest BCUT2D eigenvalue weighted by Crippen LogP contribution is 2.12. The largest absolute Gasteiger partial charge is 0.241 e. The summed E-state index contributed by atoms with van der Waals surface area (Å²) in [5.74, 6) is 0. The Morgan fingerprint density at radius 2 is 2.17 bits per heavy atom. The van der Waals surface area contributed by atoms with E-state index < -0.39 is 0 Å². The van der Waals surface area contributed by atoms with Crippen LogP contribution >= 0.6 is 0 Å². The molecule has 0 atom stereocenters. The summed E-state index contributed by atoms with van der Waals surface area (Å²) in [7, 11) is 0. The average Bonchev–Trinajstić information content (AvgIpc) is 2.04. The van der Waals surface area contributed by atoms with E-state index in [1.54, 1.807) is 0 Å². The van der Waals surface area contributed by atoms with E-state index in [1.807, 2.05) is 56.3 Å². The van der Waals surface area contributed by atoms with E-state index in [-0.39, 0.29) is 0 Å². The van der Waals surface area contributed by atoms with E-state index in [9.17, 15) is 0 Å². The molecule has 1 aliphatic rings. The molecule has 0 N–H and O–H groups in total. The third-order valence-electron chi connectivity index (χ3n) is 1.47. The summed E-state index contributed by atoms with van der Waals surface area (Å²) in [5, 5.41) is 6.20. The van der Waals surface area contributed by atoms with E-state index in [0.29, 0.717) is 0 Å². The molecule has 0 fully saturated rings. The van der Waals surface area contributed by atoms with Gasteiger partial charge in [-0.15, -0.1) is 0 Å². The molecule has 1 aliphatic heterocycles. The maximum atomic E-state index is 4.33. The molecule has 0 aromatic carbocycles. The van der Waals surface area contributed by atoms with E-state index in [2.05, 4.69) is 5.10 Å². The number of hydrogen-bond acceptors (Lipinski definition) is 2. The van der Waals surface area contributed by atoms with Gasteiger partial charge in [-0.2, -0.15) is 5.10 Å². The molecule has 0 aromatic heterocycles. The van der Waals surface area contributed by atoms with Gasteiger partial charge in [-0.3, -0.25) is 0 Å². The summed E-state index contributed by atoms with van der Waals surface area (Å²) in [4.78, 5) is 0. The SMILES string of the molecule is C/C=C1/C=CC=CN1N=C(C)C. The zero-order valence-electron chi connectivity index (χ0n) is 7.78. The maximum absolute atomic E-state index is 4.33. The van der Waals surface area contributed by atoms with Crippen LogP contribution in [0.5, 0.6) is 0 Å². The van der Waals surface area contributed by atoms with Gasteiger partial charge in [-0.25, -0.2) is 5.01 Å². The van der Waals surface area contributed by atoms with Gasteiger partial charge in [0.15, 0.2) is 0 Å². The van der Waals surface area contributed by atoms with Crippen molar-refractivity contribution >= 4 is 5.71 Å². The lowest BCUT2D eigenvalue weighted by atomic mass is 10.3. The van der Waals surface area contributed by atoms with Crippen LogP contribution in [-0.2, 0) is 0 Å². The van der Waals surface area contributed by atoms with E-state index in [1.165, 1.54) is 0 Å². The van der Waals surface area contributed by atoms with Crippen molar-refractivity contribution in [2.75, 3.05) is 0 Å². The minimum atomic E-state index is 1.05. The molecule has 0 bridgehead atoms. The minimum Gasteiger partial charge on any atom is -0.241 e. The van der Waals surface area contributed by atoms with Crippen LogP contribution in [0.4, 0.5) is 0 Å². The zero-order chi connectivity index (χ0) is 8.97. The molecule has 0 saturated heterocycles. The van der Waals surface area contributed by atoms with Crippen molar-refractivity contribution in [1.82, 2.24) is 5.01 Å². The first-order valence-electron chi connectivity index (χ1n) is 4.06. The van der Waals surface area contributed by atoms with Crippen LogP contribution in [0.25, 0.3) is 0 Å². The van der Waals surface area contributed by atoms with Crippen LogP contribution in [0.2, 0.25) is 0 Å². The van der Waals surface area contributed by atoms with Crippen molar-refractivity contribution in [2.45, 2.75) is 20.8 Å². The van der Waals surface area contributed by atoms with Crippen LogP contribution in [0.3, 0.4) is 0 Å². The second-order valence-corrected chi connectivity index (χ2v) is 2.81. The van der Waals surface area contributed by atoms with Crippen LogP contribution in [0.1, 0.15) is 20.8 Å². The fraction of sp³-hybridized carbons (Fsp3) is 0.300. The normalized spacial score (nSPS) is 18.6. The number of allylic oxidation sites excluding steroid dienone is 4. The third kappa shape index (κ3) is 2.09. The molecule has 0 amide bonds. The Morgan fingerprint density at radius 1 is 1.42 bits per heavy atom. The lowest BCUT2D eigenvalue weighted by Gasteiger charge is -2.17. The predicted molar refractivity (Wildman–Crippen MR) is 52.7 cm³/mol. The zero-order valence-corrected chi connectivity index (χ0v) is 7.78. The molecule has 2 heteroatoms. The smallest absolute Gasteiger partial charge is 0.0602 e. The maximum Gasteiger partial charge on any atom is 0.0602 e. The number of rotatable bonds is 1. The Bertz CT molecular complexity index is 266. The molecule has 0 spiro atoms. The topological polar surface area (TPSA) is 15.6 Å². The number of nitrogens with zero attached hydrogens (tertiary/aromatic N) is 2. The molecule has 0 aromatic rings. The Hall–Kier alpha value is -1.31. The summed E-state index contributed by atoms with van der Waals surface area (Å²) < 4.78 is 0. The lowest BCUT2D eigenvalue weighted by molar-refractivity contribution is 0.508. The van der Waals surface area contributed by atoms with Gasteiger partial charge in [0.2, 0.25) is 0 Å². The monoisotopic (exact) mass is 162 g/mol. The van der Waals surface area contributed by atoms with Gasteiger partial charge in [0.05, 0.1) is 5.70 Å². The van der Waals surface area contributed by atoms with Crippen LogP contribution in [-0.4, -0.2) is 10.7 Å². The average molecular weight is 162 g/mol. The number of hydrazone groups is 1. The van der Waals surface area contributed by atoms with E-state index in [0.717, 1.165) is 11.4 Å². The Balaban J connectivity index is 2.84. The Morgan fingerprint density at radius 3 is 2.75 bits per heavy atom. The van der Waals surface area contributed by atoms with Gasteiger partial charge >= 0.3 is 0 Å². The highest BCUT2D eigenvalue weighted by Gasteiger charge is 2.02. The first-order valence-corrected chi connectivity index (χ1v) is 4.06. The molecule has 1 rings (SSSR count). The fourth-order valence-corrected chi connectivity index (χ4v) is 0.983. The molecule has 0 aliphatic carbocycles. The quantitative estimate of drug-likeness (QED) is 0.541. The summed E-state index contributed by atoms with van der Waals surface area (Å²) in [5.41, 5.74) is 2.16. The fourth-order valence-electron chi connectivity index (χ4n) is 0.983. The highest BCUT2D eigenvalue weighted by molar-refractivity contribution is 5.79. The van der Waals surface area contributed by atoms with Gasteiger partial charge in [0, 0.05) is 11.9 Å². The molecule has 1 heterocycles. The van der Waals surface area contributed by atoms with E-state index in [4.69, 9.17) is 0 Å². The van der Waals surface area contributed by atoms with Crippen molar-refractivity contribution in [2.24, 2.45) is 5.10 Å². The summed E-state index contributed by atoms with van der Waals surface area (Å²) in [6.07, 6.45) is 9.99. The number of hydrogen-bond donors (Lipinski definition) is 0.